The first-order valence-corrected chi connectivity index (χ1v) is 17.9. The van der Waals surface area contributed by atoms with E-state index in [9.17, 15) is 4.39 Å². The van der Waals surface area contributed by atoms with Crippen LogP contribution >= 0.6 is 0 Å². The number of hydrogen-bond acceptors (Lipinski definition) is 8. The number of alkyl halides is 1. The van der Waals surface area contributed by atoms with Crippen LogP contribution in [-0.4, -0.2) is 84.8 Å². The number of terminal acetylenes is 1. The summed E-state index contributed by atoms with van der Waals surface area (Å²) in [4.78, 5) is 14.0. The van der Waals surface area contributed by atoms with Crippen molar-refractivity contribution in [1.82, 2.24) is 20.2 Å². The normalized spacial score (nSPS) is 26.9. The molecule has 0 radical (unpaired) electrons. The molecule has 5 aliphatic heterocycles. The summed E-state index contributed by atoms with van der Waals surface area (Å²) in [6.45, 7) is 1.83. The molecule has 0 spiro atoms. The summed E-state index contributed by atoms with van der Waals surface area (Å²) in [5.74, 6) is 0.729. The van der Waals surface area contributed by atoms with Crippen molar-refractivity contribution < 1.29 is 31.8 Å². The minimum absolute atomic E-state index is 0.0361. The lowest BCUT2D eigenvalue weighted by Gasteiger charge is -2.43. The summed E-state index contributed by atoms with van der Waals surface area (Å²) in [6, 6.07) is 6.34. The van der Waals surface area contributed by atoms with E-state index in [1.165, 1.54) is 25.3 Å². The van der Waals surface area contributed by atoms with Crippen LogP contribution in [0.25, 0.3) is 32.8 Å². The summed E-state index contributed by atoms with van der Waals surface area (Å²) in [6.07, 6.45) is 10.7. The van der Waals surface area contributed by atoms with Gasteiger partial charge in [-0.3, -0.25) is 4.90 Å². The van der Waals surface area contributed by atoms with E-state index >= 15 is 13.2 Å². The second kappa shape index (κ2) is 12.5. The van der Waals surface area contributed by atoms with Crippen molar-refractivity contribution in [3.05, 3.63) is 52.8 Å². The van der Waals surface area contributed by atoms with E-state index in [0.29, 0.717) is 54.5 Å². The van der Waals surface area contributed by atoms with Gasteiger partial charge in [0, 0.05) is 61.3 Å². The van der Waals surface area contributed by atoms with Gasteiger partial charge in [-0.25, -0.2) is 17.6 Å². The van der Waals surface area contributed by atoms with Crippen LogP contribution in [0.3, 0.4) is 0 Å². The number of hydrogen-bond donors (Lipinski definition) is 1. The number of rotatable bonds is 7. The first-order chi connectivity index (χ1) is 24.8. The predicted octanol–water partition coefficient (Wildman–Crippen LogP) is 6.43. The molecule has 4 fully saturated rings. The van der Waals surface area contributed by atoms with Crippen LogP contribution in [0, 0.1) is 29.8 Å². The van der Waals surface area contributed by atoms with Gasteiger partial charge in [-0.15, -0.1) is 6.42 Å². The van der Waals surface area contributed by atoms with Gasteiger partial charge in [-0.05, 0) is 75.1 Å². The van der Waals surface area contributed by atoms with E-state index in [1.54, 1.807) is 6.07 Å². The van der Waals surface area contributed by atoms with Gasteiger partial charge in [0.15, 0.2) is 12.6 Å². The van der Waals surface area contributed by atoms with Crippen molar-refractivity contribution in [2.24, 2.45) is 0 Å². The lowest BCUT2D eigenvalue weighted by molar-refractivity contribution is 0.0512. The molecule has 12 heteroatoms. The van der Waals surface area contributed by atoms with Gasteiger partial charge in [0.1, 0.15) is 41.5 Å². The van der Waals surface area contributed by atoms with Crippen LogP contribution in [0.1, 0.15) is 56.1 Å². The van der Waals surface area contributed by atoms with Crippen LogP contribution in [0.2, 0.25) is 0 Å². The van der Waals surface area contributed by atoms with E-state index in [4.69, 9.17) is 25.6 Å². The minimum Gasteiger partial charge on any atom is -0.468 e. The number of nitrogens with one attached hydrogen (secondary N) is 1. The number of ether oxygens (including phenoxy) is 3. The number of fused-ring (bicyclic) bond motifs is 7. The van der Waals surface area contributed by atoms with Gasteiger partial charge in [0.25, 0.3) is 0 Å². The summed E-state index contributed by atoms with van der Waals surface area (Å²) in [7, 11) is 1.46. The SMILES string of the molecule is C#Cc1c(F)ccc2cc(OCOC)cc(-c3c(F)c4c5c(nc(OC[C@@]67CCCN6C[C@H](F)C7)nc5c3F)N3C[C@H]5CC[C@H](N5)[C@H]3CCC4)c12. The molecule has 0 amide bonds. The highest BCUT2D eigenvalue weighted by Gasteiger charge is 2.50. The molecule has 1 aromatic heterocycles. The summed E-state index contributed by atoms with van der Waals surface area (Å²) >= 11 is 0. The van der Waals surface area contributed by atoms with E-state index in [0.717, 1.165) is 38.6 Å². The van der Waals surface area contributed by atoms with E-state index in [1.807, 2.05) is 0 Å². The monoisotopic (exact) mass is 701 g/mol. The molecule has 0 aliphatic carbocycles. The molecule has 1 N–H and O–H groups in total. The third kappa shape index (κ3) is 5.22. The number of methoxy groups -OCH3 is 1. The van der Waals surface area contributed by atoms with E-state index in [2.05, 4.69) is 26.0 Å². The zero-order chi connectivity index (χ0) is 35.0. The van der Waals surface area contributed by atoms with E-state index < -0.39 is 29.2 Å². The fraction of sp³-hybridized carbons (Fsp3) is 0.487. The first-order valence-electron chi connectivity index (χ1n) is 17.9. The Morgan fingerprint density at radius 1 is 1.04 bits per heavy atom. The standard InChI is InChI=1S/C39H39F4N5O3/c1-3-25-28(41)10-8-21-14-24(51-20-49-2)15-27(31(21)25)32-34(42)26-6-4-7-30-29-11-9-23(44-29)18-48(30)37-33(26)36(35(32)43)45-38(46-37)50-19-39-12-5-13-47(39)17-22(40)16-39/h1,8,10,14-15,22-23,29-30,44H,4-7,9,11-13,16-20H2,2H3/t22-,23-,29+,30-,39+/m1/s1. The van der Waals surface area contributed by atoms with Crippen molar-refractivity contribution in [1.29, 1.82) is 0 Å². The fourth-order valence-electron chi connectivity index (χ4n) is 9.67. The molecule has 5 atom stereocenters. The van der Waals surface area contributed by atoms with Crippen LogP contribution in [-0.2, 0) is 11.2 Å². The van der Waals surface area contributed by atoms with Gasteiger partial charge in [0.05, 0.1) is 22.1 Å². The average Bonchev–Trinajstić information content (AvgIpc) is 3.79. The maximum atomic E-state index is 17.5. The molecule has 3 aromatic carbocycles. The molecular weight excluding hydrogens is 662 g/mol. The largest absolute Gasteiger partial charge is 0.468 e. The number of benzene rings is 3. The molecule has 6 heterocycles. The third-order valence-electron chi connectivity index (χ3n) is 11.9. The molecule has 4 saturated heterocycles. The predicted molar refractivity (Wildman–Crippen MR) is 185 cm³/mol. The third-order valence-corrected chi connectivity index (χ3v) is 11.9. The zero-order valence-electron chi connectivity index (χ0n) is 28.4. The molecular formula is C39H39F4N5O3. The highest BCUT2D eigenvalue weighted by molar-refractivity contribution is 6.05. The Morgan fingerprint density at radius 2 is 1.92 bits per heavy atom. The Kier molecular flexibility index (Phi) is 8.02. The van der Waals surface area contributed by atoms with Gasteiger partial charge in [-0.1, -0.05) is 12.0 Å². The molecule has 8 nitrogen and oxygen atoms in total. The molecule has 51 heavy (non-hydrogen) atoms. The van der Waals surface area contributed by atoms with Crippen molar-refractivity contribution in [3.63, 3.8) is 0 Å². The summed E-state index contributed by atoms with van der Waals surface area (Å²) < 4.78 is 81.9. The van der Waals surface area contributed by atoms with Crippen LogP contribution < -0.4 is 19.7 Å². The van der Waals surface area contributed by atoms with Crippen LogP contribution in [0.15, 0.2) is 24.3 Å². The van der Waals surface area contributed by atoms with Gasteiger partial charge in [-0.2, -0.15) is 9.97 Å². The maximum Gasteiger partial charge on any atom is 0.319 e. The quantitative estimate of drug-likeness (QED) is 0.134. The second-order valence-electron chi connectivity index (χ2n) is 14.7. The first kappa shape index (κ1) is 32.7. The summed E-state index contributed by atoms with van der Waals surface area (Å²) in [5.41, 5.74) is -0.719. The second-order valence-corrected chi connectivity index (χ2v) is 14.7. The number of nitrogens with zero attached hydrogens (tertiary/aromatic N) is 4. The number of aryl methyl sites for hydroxylation is 1. The zero-order valence-corrected chi connectivity index (χ0v) is 28.4. The van der Waals surface area contributed by atoms with E-state index in [-0.39, 0.29) is 70.9 Å². The Morgan fingerprint density at radius 3 is 2.76 bits per heavy atom. The molecule has 0 unspecified atom stereocenters. The fourth-order valence-corrected chi connectivity index (χ4v) is 9.67. The highest BCUT2D eigenvalue weighted by Crippen LogP contribution is 2.47. The minimum atomic E-state index is -0.946. The van der Waals surface area contributed by atoms with Crippen molar-refractivity contribution in [3.8, 4) is 35.2 Å². The van der Waals surface area contributed by atoms with Crippen molar-refractivity contribution in [2.75, 3.05) is 45.0 Å². The Hall–Kier alpha value is -4.18. The Balaban J connectivity index is 1.28. The molecule has 0 saturated carbocycles. The van der Waals surface area contributed by atoms with Gasteiger partial charge < -0.3 is 24.4 Å². The highest BCUT2D eigenvalue weighted by atomic mass is 19.1. The molecule has 5 aliphatic rings. The maximum absolute atomic E-state index is 17.5. The van der Waals surface area contributed by atoms with Crippen molar-refractivity contribution in [2.45, 2.75) is 81.2 Å². The number of anilines is 1. The lowest BCUT2D eigenvalue weighted by atomic mass is 9.87. The molecule has 266 valence electrons. The smallest absolute Gasteiger partial charge is 0.319 e. The molecule has 9 rings (SSSR count). The lowest BCUT2D eigenvalue weighted by Crippen LogP contribution is -2.58. The number of aromatic nitrogens is 2. The molecule has 4 aromatic rings. The van der Waals surface area contributed by atoms with Gasteiger partial charge >= 0.3 is 6.01 Å². The topological polar surface area (TPSA) is 72.0 Å². The number of halogens is 4. The molecule has 2 bridgehead atoms. The Labute approximate surface area is 293 Å². The summed E-state index contributed by atoms with van der Waals surface area (Å²) in [5, 5.41) is 4.68. The number of piperazine rings is 1. The van der Waals surface area contributed by atoms with Gasteiger partial charge in [0.2, 0.25) is 0 Å². The van der Waals surface area contributed by atoms with Crippen LogP contribution in [0.5, 0.6) is 11.8 Å². The van der Waals surface area contributed by atoms with Crippen molar-refractivity contribution >= 4 is 27.5 Å². The van der Waals surface area contributed by atoms with Crippen LogP contribution in [0.4, 0.5) is 23.4 Å². The Bertz CT molecular complexity index is 2110. The average molecular weight is 702 g/mol.